The first kappa shape index (κ1) is 20.8. The number of rotatable bonds is 4. The number of carbonyl (C=O) groups is 2. The van der Waals surface area contributed by atoms with Crippen molar-refractivity contribution in [2.75, 3.05) is 10.6 Å². The van der Waals surface area contributed by atoms with Crippen molar-refractivity contribution in [3.05, 3.63) is 119 Å². The summed E-state index contributed by atoms with van der Waals surface area (Å²) in [6.45, 7) is 4.65. The third-order valence-corrected chi connectivity index (χ3v) is 6.36. The van der Waals surface area contributed by atoms with Crippen LogP contribution in [-0.2, 0) is 6.54 Å². The number of aromatic nitrogens is 1. The van der Waals surface area contributed by atoms with E-state index in [9.17, 15) is 9.59 Å². The number of hydrogen-bond acceptors (Lipinski definition) is 3. The normalized spacial score (nSPS) is 14.4. The first-order valence-electron chi connectivity index (χ1n) is 11.0. The zero-order valence-electron chi connectivity index (χ0n) is 18.6. The highest BCUT2D eigenvalue weighted by Gasteiger charge is 2.28. The van der Waals surface area contributed by atoms with E-state index < -0.39 is 6.04 Å². The molecule has 164 valence electrons. The number of carbonyl (C=O) groups excluding carboxylic acids is 2. The van der Waals surface area contributed by atoms with Gasteiger partial charge < -0.3 is 15.2 Å². The molecule has 5 rings (SSSR count). The maximum atomic E-state index is 13.5. The standard InChI is InChI=1S/C28H25N3O2/c1-18-7-5-9-23(19(18)2)28(33)29-22-14-12-20(13-15-22)27(32)26-25-11-6-16-31(25)17-21-8-3-4-10-24(21)30-26/h3-16,26,30H,17H2,1-2H3,(H,29,33). The molecule has 1 aliphatic rings. The van der Waals surface area contributed by atoms with E-state index in [2.05, 4.69) is 21.3 Å². The van der Waals surface area contributed by atoms with Crippen molar-refractivity contribution < 1.29 is 9.59 Å². The lowest BCUT2D eigenvalue weighted by Gasteiger charge is -2.18. The van der Waals surface area contributed by atoms with E-state index in [1.54, 1.807) is 24.3 Å². The third kappa shape index (κ3) is 3.94. The Balaban J connectivity index is 1.38. The summed E-state index contributed by atoms with van der Waals surface area (Å²) in [7, 11) is 0. The largest absolute Gasteiger partial charge is 0.370 e. The van der Waals surface area contributed by atoms with Crippen LogP contribution in [0.15, 0.2) is 85.1 Å². The molecular weight excluding hydrogens is 410 g/mol. The summed E-state index contributed by atoms with van der Waals surface area (Å²) in [5, 5.41) is 6.38. The number of benzene rings is 3. The number of amides is 1. The lowest BCUT2D eigenvalue weighted by Crippen LogP contribution is -2.22. The zero-order chi connectivity index (χ0) is 22.9. The van der Waals surface area contributed by atoms with Crippen molar-refractivity contribution in [3.8, 4) is 0 Å². The smallest absolute Gasteiger partial charge is 0.255 e. The van der Waals surface area contributed by atoms with Crippen molar-refractivity contribution in [1.82, 2.24) is 4.57 Å². The van der Waals surface area contributed by atoms with Gasteiger partial charge in [0.2, 0.25) is 0 Å². The molecule has 0 spiro atoms. The molecule has 0 saturated carbocycles. The first-order valence-corrected chi connectivity index (χ1v) is 11.0. The summed E-state index contributed by atoms with van der Waals surface area (Å²) in [5.74, 6) is -0.172. The Morgan fingerprint density at radius 1 is 0.909 bits per heavy atom. The van der Waals surface area contributed by atoms with Gasteiger partial charge in [0.15, 0.2) is 5.78 Å². The highest BCUT2D eigenvalue weighted by Crippen LogP contribution is 2.31. The molecule has 1 unspecified atom stereocenters. The second-order valence-electron chi connectivity index (χ2n) is 8.44. The van der Waals surface area contributed by atoms with Gasteiger partial charge >= 0.3 is 0 Å². The fourth-order valence-corrected chi connectivity index (χ4v) is 4.33. The minimum Gasteiger partial charge on any atom is -0.370 e. The van der Waals surface area contributed by atoms with Gasteiger partial charge in [-0.3, -0.25) is 9.59 Å². The lowest BCUT2D eigenvalue weighted by atomic mass is 10.0. The Morgan fingerprint density at radius 2 is 1.70 bits per heavy atom. The molecule has 2 heterocycles. The van der Waals surface area contributed by atoms with E-state index in [0.29, 0.717) is 16.8 Å². The maximum Gasteiger partial charge on any atom is 0.255 e. The quantitative estimate of drug-likeness (QED) is 0.401. The van der Waals surface area contributed by atoms with E-state index in [-0.39, 0.29) is 11.7 Å². The van der Waals surface area contributed by atoms with Gasteiger partial charge in [0.25, 0.3) is 5.91 Å². The fraction of sp³-hybridized carbons (Fsp3) is 0.143. The molecule has 1 aliphatic heterocycles. The van der Waals surface area contributed by atoms with Gasteiger partial charge in [0, 0.05) is 40.9 Å². The summed E-state index contributed by atoms with van der Waals surface area (Å²) in [6.07, 6.45) is 2.01. The Kier molecular flexibility index (Phi) is 5.31. The minimum atomic E-state index is -0.487. The van der Waals surface area contributed by atoms with E-state index in [0.717, 1.165) is 34.6 Å². The Hall–Kier alpha value is -4.12. The second-order valence-corrected chi connectivity index (χ2v) is 8.44. The molecule has 5 nitrogen and oxygen atoms in total. The van der Waals surface area contributed by atoms with Crippen LogP contribution in [0.25, 0.3) is 0 Å². The molecule has 0 aliphatic carbocycles. The molecule has 0 saturated heterocycles. The molecule has 1 amide bonds. The minimum absolute atomic E-state index is 0.0148. The molecule has 0 fully saturated rings. The van der Waals surface area contributed by atoms with Crippen LogP contribution in [0.1, 0.15) is 49.1 Å². The maximum absolute atomic E-state index is 13.5. The van der Waals surface area contributed by atoms with Crippen LogP contribution < -0.4 is 10.6 Å². The Morgan fingerprint density at radius 3 is 2.52 bits per heavy atom. The Bertz CT molecular complexity index is 1350. The summed E-state index contributed by atoms with van der Waals surface area (Å²) in [4.78, 5) is 26.2. The first-order chi connectivity index (χ1) is 16.0. The molecule has 1 aromatic heterocycles. The molecule has 0 radical (unpaired) electrons. The van der Waals surface area contributed by atoms with Gasteiger partial charge in [0.05, 0.1) is 0 Å². The van der Waals surface area contributed by atoms with Crippen molar-refractivity contribution in [2.24, 2.45) is 0 Å². The predicted molar refractivity (Wildman–Crippen MR) is 131 cm³/mol. The molecule has 2 N–H and O–H groups in total. The summed E-state index contributed by atoms with van der Waals surface area (Å²) in [5.41, 5.74) is 6.98. The Labute approximate surface area is 193 Å². The van der Waals surface area contributed by atoms with Gasteiger partial charge in [-0.2, -0.15) is 0 Å². The van der Waals surface area contributed by atoms with Gasteiger partial charge in [-0.1, -0.05) is 30.3 Å². The van der Waals surface area contributed by atoms with E-state index in [4.69, 9.17) is 0 Å². The van der Waals surface area contributed by atoms with Crippen LogP contribution in [0.4, 0.5) is 11.4 Å². The van der Waals surface area contributed by atoms with Crippen molar-refractivity contribution in [1.29, 1.82) is 0 Å². The number of anilines is 2. The number of hydrogen-bond donors (Lipinski definition) is 2. The third-order valence-electron chi connectivity index (χ3n) is 6.36. The lowest BCUT2D eigenvalue weighted by molar-refractivity contribution is 0.0966. The SMILES string of the molecule is Cc1cccc(C(=O)Nc2ccc(C(=O)C3Nc4ccccc4Cn4cccc43)cc2)c1C. The van der Waals surface area contributed by atoms with Crippen LogP contribution in [0, 0.1) is 13.8 Å². The monoisotopic (exact) mass is 435 g/mol. The fourth-order valence-electron chi connectivity index (χ4n) is 4.33. The molecule has 5 heteroatoms. The van der Waals surface area contributed by atoms with E-state index in [1.807, 2.05) is 68.6 Å². The van der Waals surface area contributed by atoms with E-state index >= 15 is 0 Å². The highest BCUT2D eigenvalue weighted by atomic mass is 16.1. The second kappa shape index (κ2) is 8.43. The predicted octanol–water partition coefficient (Wildman–Crippen LogP) is 5.76. The zero-order valence-corrected chi connectivity index (χ0v) is 18.6. The van der Waals surface area contributed by atoms with Crippen LogP contribution >= 0.6 is 0 Å². The van der Waals surface area contributed by atoms with Crippen LogP contribution in [0.2, 0.25) is 0 Å². The average molecular weight is 436 g/mol. The van der Waals surface area contributed by atoms with Gasteiger partial charge in [-0.25, -0.2) is 0 Å². The number of fused-ring (bicyclic) bond motifs is 2. The van der Waals surface area contributed by atoms with Crippen molar-refractivity contribution in [3.63, 3.8) is 0 Å². The number of ketones is 1. The number of aryl methyl sites for hydroxylation is 1. The summed E-state index contributed by atoms with van der Waals surface area (Å²) in [6, 6.07) is 24.3. The molecule has 3 aromatic carbocycles. The van der Waals surface area contributed by atoms with Crippen molar-refractivity contribution >= 4 is 23.1 Å². The highest BCUT2D eigenvalue weighted by molar-refractivity contribution is 6.06. The van der Waals surface area contributed by atoms with Gasteiger partial charge in [-0.15, -0.1) is 0 Å². The van der Waals surface area contributed by atoms with Gasteiger partial charge in [-0.05, 0) is 79.1 Å². The molecule has 33 heavy (non-hydrogen) atoms. The number of nitrogens with zero attached hydrogens (tertiary/aromatic N) is 1. The van der Waals surface area contributed by atoms with E-state index in [1.165, 1.54) is 0 Å². The van der Waals surface area contributed by atoms with Crippen molar-refractivity contribution in [2.45, 2.75) is 26.4 Å². The molecule has 4 aromatic rings. The van der Waals surface area contributed by atoms with Crippen LogP contribution in [0.5, 0.6) is 0 Å². The van der Waals surface area contributed by atoms with Crippen LogP contribution in [-0.4, -0.2) is 16.3 Å². The summed E-state index contributed by atoms with van der Waals surface area (Å²) >= 11 is 0. The van der Waals surface area contributed by atoms with Crippen LogP contribution in [0.3, 0.4) is 0 Å². The molecule has 1 atom stereocenters. The molecular formula is C28H25N3O2. The number of Topliss-reactive ketones (excluding diaryl/α,β-unsaturated/α-hetero) is 1. The number of para-hydroxylation sites is 1. The molecule has 0 bridgehead atoms. The number of nitrogens with one attached hydrogen (secondary N) is 2. The average Bonchev–Trinajstić information content (AvgIpc) is 3.21. The summed E-state index contributed by atoms with van der Waals surface area (Å²) < 4.78 is 2.11. The topological polar surface area (TPSA) is 63.1 Å². The van der Waals surface area contributed by atoms with Gasteiger partial charge in [0.1, 0.15) is 6.04 Å².